The van der Waals surface area contributed by atoms with Crippen LogP contribution in [0.25, 0.3) is 0 Å². The molecule has 74 valence electrons. The number of allylic oxidation sites excluding steroid dienone is 4. The van der Waals surface area contributed by atoms with Crippen molar-refractivity contribution >= 4 is 16.9 Å². The van der Waals surface area contributed by atoms with Gasteiger partial charge >= 0.3 is 0 Å². The summed E-state index contributed by atoms with van der Waals surface area (Å²) < 4.78 is 0. The summed E-state index contributed by atoms with van der Waals surface area (Å²) in [6.07, 6.45) is 13.2. The average molecular weight is 206 g/mol. The molecule has 3 atom stereocenters. The van der Waals surface area contributed by atoms with Crippen LogP contribution in [0.5, 0.6) is 0 Å². The van der Waals surface area contributed by atoms with Crippen molar-refractivity contribution in [3.63, 3.8) is 0 Å². The number of rotatable bonds is 0. The second-order valence-electron chi connectivity index (χ2n) is 4.51. The zero-order valence-electron chi connectivity index (χ0n) is 8.11. The fraction of sp³-hybridized carbons (Fsp3) is 0.583. The lowest BCUT2D eigenvalue weighted by molar-refractivity contribution is -0.118. The van der Waals surface area contributed by atoms with Crippen LogP contribution in [0.1, 0.15) is 25.7 Å². The molecule has 0 aromatic rings. The maximum atomic E-state index is 12.0. The van der Waals surface area contributed by atoms with E-state index in [2.05, 4.69) is 24.3 Å². The van der Waals surface area contributed by atoms with Crippen LogP contribution in [-0.2, 0) is 4.79 Å². The van der Waals surface area contributed by atoms with E-state index in [0.717, 1.165) is 6.42 Å². The first kappa shape index (κ1) is 8.78. The summed E-state index contributed by atoms with van der Waals surface area (Å²) in [4.78, 5) is 12.0. The second-order valence-corrected chi connectivity index (χ2v) is 5.72. The van der Waals surface area contributed by atoms with Gasteiger partial charge in [0.2, 0.25) is 0 Å². The highest BCUT2D eigenvalue weighted by Crippen LogP contribution is 2.57. The van der Waals surface area contributed by atoms with Gasteiger partial charge in [0.05, 0.1) is 5.41 Å². The Morgan fingerprint density at radius 1 is 1.36 bits per heavy atom. The minimum Gasteiger partial charge on any atom is -0.286 e. The summed E-state index contributed by atoms with van der Waals surface area (Å²) in [7, 11) is 0. The summed E-state index contributed by atoms with van der Waals surface area (Å²) >= 11 is 1.62. The van der Waals surface area contributed by atoms with E-state index in [1.54, 1.807) is 11.8 Å². The Morgan fingerprint density at radius 3 is 3.07 bits per heavy atom. The highest BCUT2D eigenvalue weighted by atomic mass is 32.2. The first-order valence-corrected chi connectivity index (χ1v) is 6.26. The van der Waals surface area contributed by atoms with Crippen molar-refractivity contribution in [1.29, 1.82) is 0 Å². The molecule has 1 nitrogen and oxygen atoms in total. The molecule has 0 N–H and O–H groups in total. The molecule has 1 aliphatic heterocycles. The fourth-order valence-corrected chi connectivity index (χ4v) is 4.74. The second kappa shape index (κ2) is 2.99. The van der Waals surface area contributed by atoms with E-state index in [1.165, 1.54) is 19.3 Å². The molecule has 1 heterocycles. The van der Waals surface area contributed by atoms with Gasteiger partial charge in [0.15, 0.2) is 5.12 Å². The lowest BCUT2D eigenvalue weighted by atomic mass is 9.71. The topological polar surface area (TPSA) is 17.1 Å². The minimum atomic E-state index is -0.111. The van der Waals surface area contributed by atoms with Crippen molar-refractivity contribution in [1.82, 2.24) is 0 Å². The number of hydrogen-bond acceptors (Lipinski definition) is 2. The maximum absolute atomic E-state index is 12.0. The molecule has 3 rings (SSSR count). The Balaban J connectivity index is 2.00. The molecule has 1 spiro atoms. The molecule has 0 aromatic carbocycles. The molecular weight excluding hydrogens is 192 g/mol. The molecule has 3 aliphatic rings. The van der Waals surface area contributed by atoms with Crippen LogP contribution in [0.4, 0.5) is 0 Å². The summed E-state index contributed by atoms with van der Waals surface area (Å²) in [5.41, 5.74) is -0.111. The van der Waals surface area contributed by atoms with Crippen LogP contribution in [0.3, 0.4) is 0 Å². The monoisotopic (exact) mass is 206 g/mol. The highest BCUT2D eigenvalue weighted by Gasteiger charge is 2.54. The molecule has 0 aromatic heterocycles. The lowest BCUT2D eigenvalue weighted by Gasteiger charge is -2.29. The zero-order chi connectivity index (χ0) is 9.60. The molecule has 0 unspecified atom stereocenters. The molecule has 14 heavy (non-hydrogen) atoms. The van der Waals surface area contributed by atoms with E-state index in [4.69, 9.17) is 0 Å². The summed E-state index contributed by atoms with van der Waals surface area (Å²) in [6.45, 7) is 0. The molecule has 1 saturated heterocycles. The standard InChI is InChI=1S/C12H14OS/c13-11-12(7-2-1-3-8-12)9-5-4-6-10(9)14-11/h1-3,7,9-10H,4-6,8H2/t9-,10-,12+/m1/s1. The Kier molecular flexibility index (Phi) is 1.88. The van der Waals surface area contributed by atoms with Crippen LogP contribution >= 0.6 is 11.8 Å². The molecule has 2 fully saturated rings. The largest absolute Gasteiger partial charge is 0.286 e. The zero-order valence-corrected chi connectivity index (χ0v) is 8.93. The van der Waals surface area contributed by atoms with Gasteiger partial charge in [0.25, 0.3) is 0 Å². The number of carbonyl (C=O) groups is 1. The number of carbonyl (C=O) groups excluding carboxylic acids is 1. The van der Waals surface area contributed by atoms with E-state index in [9.17, 15) is 4.79 Å². The lowest BCUT2D eigenvalue weighted by Crippen LogP contribution is -2.31. The number of hydrogen-bond donors (Lipinski definition) is 0. The Morgan fingerprint density at radius 2 is 2.29 bits per heavy atom. The van der Waals surface area contributed by atoms with Crippen molar-refractivity contribution in [2.24, 2.45) is 11.3 Å². The summed E-state index contributed by atoms with van der Waals surface area (Å²) in [5, 5.41) is 1.05. The number of fused-ring (bicyclic) bond motifs is 2. The van der Waals surface area contributed by atoms with Crippen molar-refractivity contribution in [2.45, 2.75) is 30.9 Å². The van der Waals surface area contributed by atoms with Gasteiger partial charge in [-0.15, -0.1) is 0 Å². The normalized spacial score (nSPS) is 45.0. The summed E-state index contributed by atoms with van der Waals surface area (Å²) in [5.74, 6) is 0.626. The third-order valence-electron chi connectivity index (χ3n) is 3.85. The molecule has 0 radical (unpaired) electrons. The SMILES string of the molecule is O=C1S[C@@H]2CCC[C@H]2[C@@]12C=CC=CC2. The average Bonchev–Trinajstić information content (AvgIpc) is 2.74. The van der Waals surface area contributed by atoms with Gasteiger partial charge < -0.3 is 0 Å². The van der Waals surface area contributed by atoms with Crippen molar-refractivity contribution < 1.29 is 4.79 Å². The Labute approximate surface area is 88.6 Å². The maximum Gasteiger partial charge on any atom is 0.199 e. The van der Waals surface area contributed by atoms with Gasteiger partial charge in [0, 0.05) is 5.25 Å². The fourth-order valence-electron chi connectivity index (χ4n) is 3.12. The third-order valence-corrected chi connectivity index (χ3v) is 5.31. The molecule has 0 amide bonds. The van der Waals surface area contributed by atoms with Gasteiger partial charge in [-0.25, -0.2) is 0 Å². The van der Waals surface area contributed by atoms with Gasteiger partial charge in [-0.3, -0.25) is 4.79 Å². The van der Waals surface area contributed by atoms with Crippen LogP contribution in [-0.4, -0.2) is 10.4 Å². The molecule has 1 saturated carbocycles. The molecular formula is C12H14OS. The van der Waals surface area contributed by atoms with Crippen LogP contribution < -0.4 is 0 Å². The van der Waals surface area contributed by atoms with Crippen LogP contribution in [0, 0.1) is 11.3 Å². The quantitative estimate of drug-likeness (QED) is 0.606. The Bertz CT molecular complexity index is 331. The van der Waals surface area contributed by atoms with Crippen LogP contribution in [0.15, 0.2) is 24.3 Å². The first-order chi connectivity index (χ1) is 6.83. The van der Waals surface area contributed by atoms with Crippen molar-refractivity contribution in [3.05, 3.63) is 24.3 Å². The van der Waals surface area contributed by atoms with E-state index < -0.39 is 0 Å². The summed E-state index contributed by atoms with van der Waals surface area (Å²) in [6, 6.07) is 0. The van der Waals surface area contributed by atoms with Crippen molar-refractivity contribution in [2.75, 3.05) is 0 Å². The van der Waals surface area contributed by atoms with Gasteiger partial charge in [-0.1, -0.05) is 42.5 Å². The predicted octanol–water partition coefficient (Wildman–Crippen LogP) is 2.93. The van der Waals surface area contributed by atoms with Crippen LogP contribution in [0.2, 0.25) is 0 Å². The van der Waals surface area contributed by atoms with E-state index in [1.807, 2.05) is 0 Å². The number of thioether (sulfide) groups is 1. The van der Waals surface area contributed by atoms with Gasteiger partial charge in [0.1, 0.15) is 0 Å². The Hall–Kier alpha value is -0.500. The third kappa shape index (κ3) is 1.01. The minimum absolute atomic E-state index is 0.111. The van der Waals surface area contributed by atoms with E-state index in [0.29, 0.717) is 16.3 Å². The molecule has 2 heteroatoms. The predicted molar refractivity (Wildman–Crippen MR) is 59.1 cm³/mol. The van der Waals surface area contributed by atoms with E-state index in [-0.39, 0.29) is 5.41 Å². The first-order valence-electron chi connectivity index (χ1n) is 5.38. The van der Waals surface area contributed by atoms with Gasteiger partial charge in [-0.2, -0.15) is 0 Å². The van der Waals surface area contributed by atoms with Crippen molar-refractivity contribution in [3.8, 4) is 0 Å². The highest BCUT2D eigenvalue weighted by molar-refractivity contribution is 8.14. The molecule has 2 aliphatic carbocycles. The van der Waals surface area contributed by atoms with E-state index >= 15 is 0 Å². The smallest absolute Gasteiger partial charge is 0.199 e. The van der Waals surface area contributed by atoms with Gasteiger partial charge in [-0.05, 0) is 25.2 Å². The molecule has 0 bridgehead atoms.